The molecule has 0 aromatic carbocycles. The zero-order valence-corrected chi connectivity index (χ0v) is 9.60. The summed E-state index contributed by atoms with van der Waals surface area (Å²) >= 11 is 0. The first kappa shape index (κ1) is 12.1. The van der Waals surface area contributed by atoms with Gasteiger partial charge in [0.05, 0.1) is 18.9 Å². The number of aromatic nitrogens is 3. The first-order valence-corrected chi connectivity index (χ1v) is 5.20. The molecular weight excluding hydrogens is 194 g/mol. The Morgan fingerprint density at radius 3 is 2.73 bits per heavy atom. The molecule has 0 amide bonds. The summed E-state index contributed by atoms with van der Waals surface area (Å²) in [7, 11) is 1.66. The molecule has 0 radical (unpaired) electrons. The molecule has 0 saturated carbocycles. The fourth-order valence-electron chi connectivity index (χ4n) is 1.46. The van der Waals surface area contributed by atoms with Gasteiger partial charge >= 0.3 is 0 Å². The van der Waals surface area contributed by atoms with Crippen molar-refractivity contribution in [2.75, 3.05) is 13.7 Å². The van der Waals surface area contributed by atoms with Crippen LogP contribution in [0.5, 0.6) is 0 Å². The van der Waals surface area contributed by atoms with Gasteiger partial charge in [-0.1, -0.05) is 19.1 Å². The highest BCUT2D eigenvalue weighted by Gasteiger charge is 2.12. The molecular formula is C10H19N3O2. The SMILES string of the molecule is COCCc1c(CO)nnn1CC(C)C. The van der Waals surface area contributed by atoms with Crippen LogP contribution in [0.3, 0.4) is 0 Å². The average molecular weight is 213 g/mol. The minimum Gasteiger partial charge on any atom is -0.390 e. The van der Waals surface area contributed by atoms with Crippen LogP contribution in [0.1, 0.15) is 25.2 Å². The standard InChI is InChI=1S/C10H19N3O2/c1-8(2)6-13-10(4-5-15-3)9(7-14)11-12-13/h8,14H,4-7H2,1-3H3. The minimum absolute atomic E-state index is 0.0584. The van der Waals surface area contributed by atoms with E-state index in [0.29, 0.717) is 18.2 Å². The number of methoxy groups -OCH3 is 1. The summed E-state index contributed by atoms with van der Waals surface area (Å²) < 4.78 is 6.88. The summed E-state index contributed by atoms with van der Waals surface area (Å²) in [6, 6.07) is 0. The van der Waals surface area contributed by atoms with Crippen LogP contribution in [0.4, 0.5) is 0 Å². The second-order valence-corrected chi connectivity index (χ2v) is 3.96. The summed E-state index contributed by atoms with van der Waals surface area (Å²) in [5.41, 5.74) is 1.64. The van der Waals surface area contributed by atoms with Gasteiger partial charge in [0, 0.05) is 20.1 Å². The molecule has 5 nitrogen and oxygen atoms in total. The van der Waals surface area contributed by atoms with Crippen LogP contribution in [0.2, 0.25) is 0 Å². The Morgan fingerprint density at radius 1 is 1.47 bits per heavy atom. The molecule has 5 heteroatoms. The number of aliphatic hydroxyl groups excluding tert-OH is 1. The van der Waals surface area contributed by atoms with E-state index in [-0.39, 0.29) is 6.61 Å². The van der Waals surface area contributed by atoms with Crippen molar-refractivity contribution < 1.29 is 9.84 Å². The van der Waals surface area contributed by atoms with Crippen LogP contribution in [-0.4, -0.2) is 33.8 Å². The normalized spacial score (nSPS) is 11.3. The third-order valence-electron chi connectivity index (χ3n) is 2.15. The highest BCUT2D eigenvalue weighted by Crippen LogP contribution is 2.09. The van der Waals surface area contributed by atoms with E-state index in [1.165, 1.54) is 0 Å². The number of hydrogen-bond donors (Lipinski definition) is 1. The molecule has 1 N–H and O–H groups in total. The summed E-state index contributed by atoms with van der Waals surface area (Å²) in [6.45, 7) is 5.64. The molecule has 15 heavy (non-hydrogen) atoms. The zero-order valence-electron chi connectivity index (χ0n) is 9.60. The number of aliphatic hydroxyl groups is 1. The lowest BCUT2D eigenvalue weighted by Gasteiger charge is -2.09. The predicted octanol–water partition coefficient (Wildman–Crippen LogP) is 0.615. The lowest BCUT2D eigenvalue weighted by Crippen LogP contribution is -2.12. The fraction of sp³-hybridized carbons (Fsp3) is 0.800. The second-order valence-electron chi connectivity index (χ2n) is 3.96. The summed E-state index contributed by atoms with van der Waals surface area (Å²) in [6.07, 6.45) is 0.742. The molecule has 0 saturated heterocycles. The van der Waals surface area contributed by atoms with E-state index in [1.54, 1.807) is 7.11 Å². The van der Waals surface area contributed by atoms with Crippen LogP contribution < -0.4 is 0 Å². The maximum Gasteiger partial charge on any atom is 0.111 e. The van der Waals surface area contributed by atoms with Crippen molar-refractivity contribution in [1.82, 2.24) is 15.0 Å². The summed E-state index contributed by atoms with van der Waals surface area (Å²) in [4.78, 5) is 0. The van der Waals surface area contributed by atoms with Crippen molar-refractivity contribution in [2.45, 2.75) is 33.4 Å². The Morgan fingerprint density at radius 2 is 2.20 bits per heavy atom. The number of nitrogens with zero attached hydrogens (tertiary/aromatic N) is 3. The monoisotopic (exact) mass is 213 g/mol. The first-order chi connectivity index (χ1) is 7.19. The van der Waals surface area contributed by atoms with Crippen LogP contribution in [0, 0.1) is 5.92 Å². The Hall–Kier alpha value is -0.940. The van der Waals surface area contributed by atoms with E-state index >= 15 is 0 Å². The molecule has 0 aliphatic heterocycles. The van der Waals surface area contributed by atoms with E-state index in [4.69, 9.17) is 9.84 Å². The van der Waals surface area contributed by atoms with E-state index in [1.807, 2.05) is 4.68 Å². The molecule has 0 unspecified atom stereocenters. The van der Waals surface area contributed by atoms with Gasteiger partial charge in [0.1, 0.15) is 5.69 Å². The maximum atomic E-state index is 9.11. The molecule has 1 rings (SSSR count). The van der Waals surface area contributed by atoms with Gasteiger partial charge in [-0.2, -0.15) is 0 Å². The van der Waals surface area contributed by atoms with Gasteiger partial charge in [-0.25, -0.2) is 4.68 Å². The zero-order chi connectivity index (χ0) is 11.3. The largest absolute Gasteiger partial charge is 0.390 e. The first-order valence-electron chi connectivity index (χ1n) is 5.20. The Labute approximate surface area is 90.1 Å². The number of hydrogen-bond acceptors (Lipinski definition) is 4. The van der Waals surface area contributed by atoms with Gasteiger partial charge in [0.25, 0.3) is 0 Å². The number of rotatable bonds is 6. The third kappa shape index (κ3) is 3.28. The molecule has 0 bridgehead atoms. The molecule has 0 atom stereocenters. The van der Waals surface area contributed by atoms with Gasteiger partial charge in [-0.3, -0.25) is 0 Å². The topological polar surface area (TPSA) is 60.2 Å². The molecule has 86 valence electrons. The van der Waals surface area contributed by atoms with E-state index in [9.17, 15) is 0 Å². The van der Waals surface area contributed by atoms with Crippen LogP contribution in [0.25, 0.3) is 0 Å². The van der Waals surface area contributed by atoms with Crippen molar-refractivity contribution in [2.24, 2.45) is 5.92 Å². The quantitative estimate of drug-likeness (QED) is 0.752. The lowest BCUT2D eigenvalue weighted by molar-refractivity contribution is 0.198. The number of ether oxygens (including phenoxy) is 1. The van der Waals surface area contributed by atoms with Gasteiger partial charge in [0.2, 0.25) is 0 Å². The fourth-order valence-corrected chi connectivity index (χ4v) is 1.46. The second kappa shape index (κ2) is 5.82. The van der Waals surface area contributed by atoms with Crippen LogP contribution in [0.15, 0.2) is 0 Å². The maximum absolute atomic E-state index is 9.11. The van der Waals surface area contributed by atoms with Crippen molar-refractivity contribution >= 4 is 0 Å². The van der Waals surface area contributed by atoms with Crippen molar-refractivity contribution in [3.63, 3.8) is 0 Å². The molecule has 1 heterocycles. The molecule has 0 spiro atoms. The smallest absolute Gasteiger partial charge is 0.111 e. The van der Waals surface area contributed by atoms with Gasteiger partial charge in [0.15, 0.2) is 0 Å². The highest BCUT2D eigenvalue weighted by atomic mass is 16.5. The van der Waals surface area contributed by atoms with Crippen LogP contribution in [-0.2, 0) is 24.3 Å². The van der Waals surface area contributed by atoms with Crippen LogP contribution >= 0.6 is 0 Å². The van der Waals surface area contributed by atoms with Gasteiger partial charge in [-0.05, 0) is 5.92 Å². The van der Waals surface area contributed by atoms with Crippen molar-refractivity contribution in [3.05, 3.63) is 11.4 Å². The van der Waals surface area contributed by atoms with Crippen molar-refractivity contribution in [3.8, 4) is 0 Å². The minimum atomic E-state index is -0.0584. The Kier molecular flexibility index (Phi) is 4.71. The highest BCUT2D eigenvalue weighted by molar-refractivity contribution is 5.09. The van der Waals surface area contributed by atoms with Gasteiger partial charge < -0.3 is 9.84 Å². The van der Waals surface area contributed by atoms with E-state index in [0.717, 1.165) is 18.7 Å². The van der Waals surface area contributed by atoms with Crippen molar-refractivity contribution in [1.29, 1.82) is 0 Å². The Bertz CT molecular complexity index is 297. The predicted molar refractivity (Wildman–Crippen MR) is 56.4 cm³/mol. The molecule has 1 aromatic heterocycles. The van der Waals surface area contributed by atoms with E-state index < -0.39 is 0 Å². The summed E-state index contributed by atoms with van der Waals surface area (Å²) in [5, 5.41) is 17.1. The Balaban J connectivity index is 2.79. The molecule has 1 aromatic rings. The van der Waals surface area contributed by atoms with E-state index in [2.05, 4.69) is 24.2 Å². The van der Waals surface area contributed by atoms with Gasteiger partial charge in [-0.15, -0.1) is 5.10 Å². The molecule has 0 aliphatic rings. The summed E-state index contributed by atoms with van der Waals surface area (Å²) in [5.74, 6) is 0.513. The third-order valence-corrected chi connectivity index (χ3v) is 2.15. The molecule has 0 fully saturated rings. The average Bonchev–Trinajstić information content (AvgIpc) is 2.56. The molecule has 0 aliphatic carbocycles. The lowest BCUT2D eigenvalue weighted by atomic mass is 10.2.